The van der Waals surface area contributed by atoms with Gasteiger partial charge in [-0.05, 0) is 30.0 Å². The van der Waals surface area contributed by atoms with Crippen molar-refractivity contribution in [2.75, 3.05) is 31.3 Å². The number of halogens is 1. The molecule has 2 amide bonds. The number of hydrogen-bond acceptors (Lipinski definition) is 4. The van der Waals surface area contributed by atoms with Gasteiger partial charge in [-0.1, -0.05) is 31.5 Å². The third-order valence-electron chi connectivity index (χ3n) is 4.06. The number of nitrogens with one attached hydrogen (secondary N) is 1. The first-order chi connectivity index (χ1) is 11.7. The van der Waals surface area contributed by atoms with Crippen LogP contribution in [-0.2, 0) is 20.3 Å². The SMILES string of the molecule is CC(C)C1CN(C(=O)Nc2ccc(CS(C)(=O)=O)c(Cl)c2)CCCO1. The average molecular weight is 389 g/mol. The predicted octanol–water partition coefficient (Wildman–Crippen LogP) is 3.16. The first-order valence-electron chi connectivity index (χ1n) is 8.29. The lowest BCUT2D eigenvalue weighted by atomic mass is 10.1. The normalized spacial score (nSPS) is 18.9. The summed E-state index contributed by atoms with van der Waals surface area (Å²) in [5.41, 5.74) is 1.06. The Bertz CT molecular complexity index is 721. The van der Waals surface area contributed by atoms with Gasteiger partial charge in [0.2, 0.25) is 0 Å². The fourth-order valence-corrected chi connectivity index (χ4v) is 3.81. The van der Waals surface area contributed by atoms with Gasteiger partial charge in [0.25, 0.3) is 0 Å². The lowest BCUT2D eigenvalue weighted by molar-refractivity contribution is 0.0273. The average Bonchev–Trinajstić information content (AvgIpc) is 2.75. The topological polar surface area (TPSA) is 75.7 Å². The highest BCUT2D eigenvalue weighted by Gasteiger charge is 2.24. The van der Waals surface area contributed by atoms with E-state index in [1.807, 2.05) is 0 Å². The molecule has 0 bridgehead atoms. The molecule has 1 aliphatic heterocycles. The summed E-state index contributed by atoms with van der Waals surface area (Å²) in [6.45, 7) is 5.98. The van der Waals surface area contributed by atoms with E-state index in [2.05, 4.69) is 19.2 Å². The van der Waals surface area contributed by atoms with Gasteiger partial charge in [-0.15, -0.1) is 0 Å². The van der Waals surface area contributed by atoms with Crippen LogP contribution in [0.5, 0.6) is 0 Å². The van der Waals surface area contributed by atoms with Crippen LogP contribution in [0.1, 0.15) is 25.8 Å². The highest BCUT2D eigenvalue weighted by molar-refractivity contribution is 7.89. The van der Waals surface area contributed by atoms with Gasteiger partial charge in [0.05, 0.1) is 11.9 Å². The number of nitrogens with zero attached hydrogens (tertiary/aromatic N) is 1. The van der Waals surface area contributed by atoms with Crippen molar-refractivity contribution in [3.63, 3.8) is 0 Å². The third kappa shape index (κ3) is 6.17. The fraction of sp³-hybridized carbons (Fsp3) is 0.588. The van der Waals surface area contributed by atoms with Gasteiger partial charge in [-0.2, -0.15) is 0 Å². The van der Waals surface area contributed by atoms with Gasteiger partial charge >= 0.3 is 6.03 Å². The van der Waals surface area contributed by atoms with Crippen molar-refractivity contribution in [1.29, 1.82) is 0 Å². The monoisotopic (exact) mass is 388 g/mol. The van der Waals surface area contributed by atoms with E-state index in [9.17, 15) is 13.2 Å². The molecule has 140 valence electrons. The number of ether oxygens (including phenoxy) is 1. The van der Waals surface area contributed by atoms with Crippen LogP contribution >= 0.6 is 11.6 Å². The van der Waals surface area contributed by atoms with Crippen molar-refractivity contribution >= 4 is 33.2 Å². The van der Waals surface area contributed by atoms with Crippen LogP contribution in [0.15, 0.2) is 18.2 Å². The molecule has 1 fully saturated rings. The van der Waals surface area contributed by atoms with Gasteiger partial charge in [0.1, 0.15) is 0 Å². The lowest BCUT2D eigenvalue weighted by Crippen LogP contribution is -2.41. The quantitative estimate of drug-likeness (QED) is 0.859. The number of hydrogen-bond donors (Lipinski definition) is 1. The van der Waals surface area contributed by atoms with Crippen LogP contribution in [-0.4, -0.2) is 51.4 Å². The molecule has 0 aliphatic carbocycles. The zero-order chi connectivity index (χ0) is 18.6. The minimum absolute atomic E-state index is 0.0222. The van der Waals surface area contributed by atoms with Crippen LogP contribution in [0.3, 0.4) is 0 Å². The van der Waals surface area contributed by atoms with E-state index in [-0.39, 0.29) is 17.9 Å². The minimum atomic E-state index is -3.17. The van der Waals surface area contributed by atoms with Crippen molar-refractivity contribution in [2.45, 2.75) is 32.1 Å². The molecule has 2 rings (SSSR count). The molecule has 0 spiro atoms. The van der Waals surface area contributed by atoms with Crippen molar-refractivity contribution in [1.82, 2.24) is 4.90 Å². The van der Waals surface area contributed by atoms with E-state index in [1.165, 1.54) is 0 Å². The van der Waals surface area contributed by atoms with Crippen molar-refractivity contribution in [3.05, 3.63) is 28.8 Å². The van der Waals surface area contributed by atoms with E-state index in [0.29, 0.717) is 41.9 Å². The van der Waals surface area contributed by atoms with Crippen LogP contribution in [0.2, 0.25) is 5.02 Å². The predicted molar refractivity (Wildman–Crippen MR) is 99.8 cm³/mol. The minimum Gasteiger partial charge on any atom is -0.376 e. The molecule has 1 aromatic carbocycles. The van der Waals surface area contributed by atoms with Crippen LogP contribution in [0.25, 0.3) is 0 Å². The van der Waals surface area contributed by atoms with Gasteiger partial charge in [0, 0.05) is 36.7 Å². The second-order valence-corrected chi connectivity index (χ2v) is 9.31. The number of anilines is 1. The molecule has 0 radical (unpaired) electrons. The molecule has 1 aromatic rings. The zero-order valence-corrected chi connectivity index (χ0v) is 16.4. The summed E-state index contributed by atoms with van der Waals surface area (Å²) in [4.78, 5) is 14.3. The van der Waals surface area contributed by atoms with E-state index in [1.54, 1.807) is 23.1 Å². The summed E-state index contributed by atoms with van der Waals surface area (Å²) in [6, 6.07) is 4.66. The Labute approximate surface area is 154 Å². The maximum absolute atomic E-state index is 12.5. The molecule has 8 heteroatoms. The molecule has 1 unspecified atom stereocenters. The number of benzene rings is 1. The summed E-state index contributed by atoms with van der Waals surface area (Å²) in [6.07, 6.45) is 1.98. The molecule has 0 aromatic heterocycles. The molecule has 1 saturated heterocycles. The van der Waals surface area contributed by atoms with Gasteiger partial charge in [-0.3, -0.25) is 0 Å². The maximum atomic E-state index is 12.5. The van der Waals surface area contributed by atoms with Crippen molar-refractivity contribution in [3.8, 4) is 0 Å². The molecule has 0 saturated carbocycles. The smallest absolute Gasteiger partial charge is 0.321 e. The first kappa shape index (κ1) is 20.0. The Kier molecular flexibility index (Phi) is 6.71. The zero-order valence-electron chi connectivity index (χ0n) is 14.8. The number of amides is 2. The van der Waals surface area contributed by atoms with Crippen LogP contribution in [0, 0.1) is 5.92 Å². The maximum Gasteiger partial charge on any atom is 0.321 e. The first-order valence-corrected chi connectivity index (χ1v) is 10.7. The Hall–Kier alpha value is -1.31. The van der Waals surface area contributed by atoms with Crippen molar-refractivity contribution in [2.24, 2.45) is 5.92 Å². The Balaban J connectivity index is 2.05. The number of carbonyl (C=O) groups excluding carboxylic acids is 1. The van der Waals surface area contributed by atoms with Gasteiger partial charge in [-0.25, -0.2) is 13.2 Å². The molecule has 1 atom stereocenters. The van der Waals surface area contributed by atoms with Crippen LogP contribution < -0.4 is 5.32 Å². The summed E-state index contributed by atoms with van der Waals surface area (Å²) in [7, 11) is -3.17. The van der Waals surface area contributed by atoms with E-state index in [4.69, 9.17) is 16.3 Å². The summed E-state index contributed by atoms with van der Waals surface area (Å²) < 4.78 is 28.6. The molecular weight excluding hydrogens is 364 g/mol. The Morgan fingerprint density at radius 2 is 2.16 bits per heavy atom. The standard InChI is InChI=1S/C17H25ClN2O4S/c1-12(2)16-10-20(7-4-8-24-16)17(21)19-14-6-5-13(15(18)9-14)11-25(3,22)23/h5-6,9,12,16H,4,7-8,10-11H2,1-3H3,(H,19,21). The van der Waals surface area contributed by atoms with E-state index < -0.39 is 9.84 Å². The fourth-order valence-electron chi connectivity index (χ4n) is 2.67. The number of carbonyl (C=O) groups is 1. The summed E-state index contributed by atoms with van der Waals surface area (Å²) in [5, 5.41) is 3.15. The lowest BCUT2D eigenvalue weighted by Gasteiger charge is -2.26. The number of rotatable bonds is 4. The summed E-state index contributed by atoms with van der Waals surface area (Å²) in [5.74, 6) is 0.206. The number of sulfone groups is 1. The second kappa shape index (κ2) is 8.38. The second-order valence-electron chi connectivity index (χ2n) is 6.76. The van der Waals surface area contributed by atoms with Gasteiger partial charge < -0.3 is 15.0 Å². The molecular formula is C17H25ClN2O4S. The van der Waals surface area contributed by atoms with Crippen LogP contribution in [0.4, 0.5) is 10.5 Å². The highest BCUT2D eigenvalue weighted by Crippen LogP contribution is 2.23. The van der Waals surface area contributed by atoms with Crippen molar-refractivity contribution < 1.29 is 17.9 Å². The third-order valence-corrected chi connectivity index (χ3v) is 5.24. The van der Waals surface area contributed by atoms with E-state index in [0.717, 1.165) is 12.7 Å². The van der Waals surface area contributed by atoms with Gasteiger partial charge in [0.15, 0.2) is 9.84 Å². The molecule has 25 heavy (non-hydrogen) atoms. The molecule has 1 heterocycles. The van der Waals surface area contributed by atoms with E-state index >= 15 is 0 Å². The summed E-state index contributed by atoms with van der Waals surface area (Å²) >= 11 is 6.15. The highest BCUT2D eigenvalue weighted by atomic mass is 35.5. The molecule has 1 aliphatic rings. The molecule has 1 N–H and O–H groups in total. The number of urea groups is 1. The largest absolute Gasteiger partial charge is 0.376 e. The Morgan fingerprint density at radius 3 is 2.76 bits per heavy atom. The molecule has 6 nitrogen and oxygen atoms in total. The Morgan fingerprint density at radius 1 is 1.44 bits per heavy atom.